The van der Waals surface area contributed by atoms with Gasteiger partial charge in [-0.05, 0) is 23.8 Å². The van der Waals surface area contributed by atoms with Crippen molar-refractivity contribution in [2.45, 2.75) is 6.54 Å². The number of carbonyl (C=O) groups excluding carboxylic acids is 1. The van der Waals surface area contributed by atoms with E-state index in [1.807, 2.05) is 0 Å². The number of rotatable bonds is 5. The average molecular weight is 340 g/mol. The van der Waals surface area contributed by atoms with Crippen LogP contribution in [0.3, 0.4) is 0 Å². The van der Waals surface area contributed by atoms with Crippen molar-refractivity contribution in [3.8, 4) is 0 Å². The molecule has 8 heteroatoms. The van der Waals surface area contributed by atoms with E-state index in [0.717, 1.165) is 6.26 Å². The molecule has 22 heavy (non-hydrogen) atoms. The van der Waals surface area contributed by atoms with Crippen LogP contribution in [-0.4, -0.2) is 25.6 Å². The minimum atomic E-state index is -3.39. The molecule has 0 atom stereocenters. The number of amides is 1. The third-order valence-corrected chi connectivity index (χ3v) is 3.53. The highest BCUT2D eigenvalue weighted by molar-refractivity contribution is 7.92. The molecule has 0 aliphatic rings. The molecule has 1 aromatic carbocycles. The summed E-state index contributed by atoms with van der Waals surface area (Å²) in [6.45, 7) is 0.158. The highest BCUT2D eigenvalue weighted by atomic mass is 35.5. The van der Waals surface area contributed by atoms with E-state index in [1.165, 1.54) is 12.3 Å². The summed E-state index contributed by atoms with van der Waals surface area (Å²) in [6, 6.07) is 9.84. The maximum atomic E-state index is 12.0. The molecule has 0 aliphatic heterocycles. The molecule has 0 aliphatic carbocycles. The number of aromatic nitrogens is 1. The fraction of sp³-hybridized carbons (Fsp3) is 0.143. The molecular weight excluding hydrogens is 326 g/mol. The Kier molecular flexibility index (Phi) is 4.99. The fourth-order valence-electron chi connectivity index (χ4n) is 1.77. The molecule has 0 spiro atoms. The second-order valence-corrected chi connectivity index (χ2v) is 6.76. The van der Waals surface area contributed by atoms with Crippen molar-refractivity contribution in [3.63, 3.8) is 0 Å². The Bertz CT molecular complexity index is 793. The SMILES string of the molecule is CS(=O)(=O)Nc1ccccc1CNC(=O)c1cc(Cl)ccn1. The molecule has 1 heterocycles. The first kappa shape index (κ1) is 16.3. The van der Waals surface area contributed by atoms with Crippen molar-refractivity contribution in [1.82, 2.24) is 10.3 Å². The van der Waals surface area contributed by atoms with Crippen molar-refractivity contribution < 1.29 is 13.2 Å². The number of halogens is 1. The van der Waals surface area contributed by atoms with Gasteiger partial charge in [-0.1, -0.05) is 29.8 Å². The summed E-state index contributed by atoms with van der Waals surface area (Å²) in [6.07, 6.45) is 2.51. The van der Waals surface area contributed by atoms with Gasteiger partial charge in [0.25, 0.3) is 5.91 Å². The average Bonchev–Trinajstić information content (AvgIpc) is 2.44. The van der Waals surface area contributed by atoms with E-state index in [4.69, 9.17) is 11.6 Å². The van der Waals surface area contributed by atoms with Crippen molar-refractivity contribution >= 4 is 33.2 Å². The zero-order valence-electron chi connectivity index (χ0n) is 11.7. The Morgan fingerprint density at radius 3 is 2.68 bits per heavy atom. The maximum absolute atomic E-state index is 12.0. The van der Waals surface area contributed by atoms with E-state index in [1.54, 1.807) is 30.3 Å². The first-order valence-corrected chi connectivity index (χ1v) is 8.57. The smallest absolute Gasteiger partial charge is 0.270 e. The van der Waals surface area contributed by atoms with Gasteiger partial charge >= 0.3 is 0 Å². The summed E-state index contributed by atoms with van der Waals surface area (Å²) >= 11 is 5.81. The number of hydrogen-bond donors (Lipinski definition) is 2. The molecule has 0 fully saturated rings. The van der Waals surface area contributed by atoms with Gasteiger partial charge in [0, 0.05) is 17.8 Å². The van der Waals surface area contributed by atoms with Gasteiger partial charge in [0.05, 0.1) is 11.9 Å². The summed E-state index contributed by atoms with van der Waals surface area (Å²) in [4.78, 5) is 15.9. The van der Waals surface area contributed by atoms with Crippen molar-refractivity contribution in [2.24, 2.45) is 0 Å². The molecule has 2 N–H and O–H groups in total. The van der Waals surface area contributed by atoms with Crippen LogP contribution < -0.4 is 10.0 Å². The fourth-order valence-corrected chi connectivity index (χ4v) is 2.53. The van der Waals surface area contributed by atoms with Crippen LogP contribution in [0, 0.1) is 0 Å². The number of sulfonamides is 1. The van der Waals surface area contributed by atoms with E-state index < -0.39 is 15.9 Å². The maximum Gasteiger partial charge on any atom is 0.270 e. The zero-order chi connectivity index (χ0) is 16.2. The first-order valence-electron chi connectivity index (χ1n) is 6.30. The number of para-hydroxylation sites is 1. The highest BCUT2D eigenvalue weighted by Crippen LogP contribution is 2.16. The lowest BCUT2D eigenvalue weighted by Crippen LogP contribution is -2.24. The molecule has 116 valence electrons. The van der Waals surface area contributed by atoms with Crippen molar-refractivity contribution in [2.75, 3.05) is 11.0 Å². The van der Waals surface area contributed by atoms with Crippen LogP contribution in [0.25, 0.3) is 0 Å². The van der Waals surface area contributed by atoms with Crippen LogP contribution in [0.2, 0.25) is 5.02 Å². The summed E-state index contributed by atoms with van der Waals surface area (Å²) in [7, 11) is -3.39. The molecule has 2 aromatic rings. The van der Waals surface area contributed by atoms with Gasteiger partial charge in [-0.25, -0.2) is 8.42 Å². The van der Waals surface area contributed by atoms with E-state index >= 15 is 0 Å². The van der Waals surface area contributed by atoms with Crippen LogP contribution in [0.15, 0.2) is 42.6 Å². The van der Waals surface area contributed by atoms with Gasteiger partial charge in [-0.15, -0.1) is 0 Å². The first-order chi connectivity index (χ1) is 10.3. The number of pyridine rings is 1. The van der Waals surface area contributed by atoms with Gasteiger partial charge in [0.1, 0.15) is 5.69 Å². The normalized spacial score (nSPS) is 11.0. The Morgan fingerprint density at radius 2 is 2.00 bits per heavy atom. The third kappa shape index (κ3) is 4.71. The molecular formula is C14H14ClN3O3S. The molecule has 1 aromatic heterocycles. The highest BCUT2D eigenvalue weighted by Gasteiger charge is 2.10. The van der Waals surface area contributed by atoms with Gasteiger partial charge in [-0.2, -0.15) is 0 Å². The summed E-state index contributed by atoms with van der Waals surface area (Å²) < 4.78 is 25.1. The molecule has 0 unspecified atom stereocenters. The van der Waals surface area contributed by atoms with Gasteiger partial charge in [0.2, 0.25) is 10.0 Å². The zero-order valence-corrected chi connectivity index (χ0v) is 13.3. The van der Waals surface area contributed by atoms with Crippen LogP contribution in [0.5, 0.6) is 0 Å². The van der Waals surface area contributed by atoms with Crippen molar-refractivity contribution in [1.29, 1.82) is 0 Å². The minimum Gasteiger partial charge on any atom is -0.347 e. The number of benzene rings is 1. The molecule has 6 nitrogen and oxygen atoms in total. The van der Waals surface area contributed by atoms with Gasteiger partial charge in [0.15, 0.2) is 0 Å². The second kappa shape index (κ2) is 6.76. The van der Waals surface area contributed by atoms with Crippen LogP contribution in [0.1, 0.15) is 16.1 Å². The lowest BCUT2D eigenvalue weighted by molar-refractivity contribution is 0.0946. The number of carbonyl (C=O) groups is 1. The lowest BCUT2D eigenvalue weighted by Gasteiger charge is -2.11. The monoisotopic (exact) mass is 339 g/mol. The van der Waals surface area contributed by atoms with Crippen LogP contribution >= 0.6 is 11.6 Å². The number of anilines is 1. The van der Waals surface area contributed by atoms with E-state index in [9.17, 15) is 13.2 Å². The van der Waals surface area contributed by atoms with E-state index in [2.05, 4.69) is 15.0 Å². The Morgan fingerprint density at radius 1 is 1.27 bits per heavy atom. The molecule has 0 radical (unpaired) electrons. The molecule has 0 saturated heterocycles. The molecule has 0 saturated carbocycles. The van der Waals surface area contributed by atoms with Gasteiger partial charge in [-0.3, -0.25) is 14.5 Å². The predicted octanol–water partition coefficient (Wildman–Crippen LogP) is 2.04. The third-order valence-electron chi connectivity index (χ3n) is 2.71. The Balaban J connectivity index is 2.10. The Hall–Kier alpha value is -2.12. The summed E-state index contributed by atoms with van der Waals surface area (Å²) in [5.74, 6) is -0.392. The number of nitrogens with one attached hydrogen (secondary N) is 2. The lowest BCUT2D eigenvalue weighted by atomic mass is 10.2. The van der Waals surface area contributed by atoms with Crippen molar-refractivity contribution in [3.05, 3.63) is 58.9 Å². The standard InChI is InChI=1S/C14H14ClN3O3S/c1-22(20,21)18-12-5-3-2-4-10(12)9-17-14(19)13-8-11(15)6-7-16-13/h2-8,18H,9H2,1H3,(H,17,19). The largest absolute Gasteiger partial charge is 0.347 e. The second-order valence-electron chi connectivity index (χ2n) is 4.57. The van der Waals surface area contributed by atoms with Crippen LogP contribution in [-0.2, 0) is 16.6 Å². The number of hydrogen-bond acceptors (Lipinski definition) is 4. The quantitative estimate of drug-likeness (QED) is 0.872. The van der Waals surface area contributed by atoms with Crippen LogP contribution in [0.4, 0.5) is 5.69 Å². The van der Waals surface area contributed by atoms with E-state index in [0.29, 0.717) is 16.3 Å². The molecule has 0 bridgehead atoms. The minimum absolute atomic E-state index is 0.158. The topological polar surface area (TPSA) is 88.2 Å². The number of nitrogens with zero attached hydrogens (tertiary/aromatic N) is 1. The molecule has 1 amide bonds. The summed E-state index contributed by atoms with van der Waals surface area (Å²) in [5.41, 5.74) is 1.26. The van der Waals surface area contributed by atoms with Gasteiger partial charge < -0.3 is 5.32 Å². The van der Waals surface area contributed by atoms with E-state index in [-0.39, 0.29) is 12.2 Å². The molecule has 2 rings (SSSR count). The Labute approximate surface area is 133 Å². The summed E-state index contributed by atoms with van der Waals surface area (Å²) in [5, 5.41) is 3.09. The predicted molar refractivity (Wildman–Crippen MR) is 85.3 cm³/mol.